The molecule has 0 saturated carbocycles. The van der Waals surface area contributed by atoms with Crippen molar-refractivity contribution in [1.82, 2.24) is 10.6 Å². The Bertz CT molecular complexity index is 416. The molecule has 92 valence electrons. The maximum atomic E-state index is 11.5. The Morgan fingerprint density at radius 1 is 1.47 bits per heavy atom. The second-order valence-electron chi connectivity index (χ2n) is 4.54. The molecular weight excluding hydrogens is 252 g/mol. The molecule has 0 aliphatic heterocycles. The fraction of sp³-hybridized carbons (Fsp3) is 0.333. The Balaban J connectivity index is 2.42. The van der Waals surface area contributed by atoms with Crippen LogP contribution in [0.25, 0.3) is 6.08 Å². The molecule has 1 heterocycles. The number of hydrogen-bond acceptors (Lipinski definition) is 3. The van der Waals surface area contributed by atoms with Gasteiger partial charge in [0.15, 0.2) is 5.11 Å². The highest BCUT2D eigenvalue weighted by Crippen LogP contribution is 2.09. The summed E-state index contributed by atoms with van der Waals surface area (Å²) in [4.78, 5) is 12.6. The first kappa shape index (κ1) is 13.9. The first-order valence-electron chi connectivity index (χ1n) is 5.21. The highest BCUT2D eigenvalue weighted by atomic mass is 32.1. The average molecular weight is 268 g/mol. The van der Waals surface area contributed by atoms with E-state index in [4.69, 9.17) is 12.2 Å². The zero-order valence-electron chi connectivity index (χ0n) is 10.1. The van der Waals surface area contributed by atoms with Gasteiger partial charge < -0.3 is 5.32 Å². The minimum atomic E-state index is -0.222. The summed E-state index contributed by atoms with van der Waals surface area (Å²) in [6.07, 6.45) is 3.24. The fourth-order valence-corrected chi connectivity index (χ4v) is 2.09. The van der Waals surface area contributed by atoms with Crippen LogP contribution in [-0.2, 0) is 4.79 Å². The van der Waals surface area contributed by atoms with Gasteiger partial charge in [-0.3, -0.25) is 10.1 Å². The van der Waals surface area contributed by atoms with Crippen molar-refractivity contribution in [3.05, 3.63) is 28.5 Å². The molecule has 3 nitrogen and oxygen atoms in total. The second-order valence-corrected chi connectivity index (χ2v) is 5.93. The largest absolute Gasteiger partial charge is 0.358 e. The predicted octanol–water partition coefficient (Wildman–Crippen LogP) is 2.55. The molecule has 0 fully saturated rings. The Hall–Kier alpha value is -1.20. The van der Waals surface area contributed by atoms with E-state index in [1.807, 2.05) is 38.3 Å². The van der Waals surface area contributed by atoms with Crippen molar-refractivity contribution in [2.45, 2.75) is 26.3 Å². The number of thiophene rings is 1. The lowest BCUT2D eigenvalue weighted by Crippen LogP contribution is -2.47. The number of carbonyl (C=O) groups is 1. The minimum absolute atomic E-state index is 0.151. The first-order valence-corrected chi connectivity index (χ1v) is 6.50. The van der Waals surface area contributed by atoms with Gasteiger partial charge in [-0.1, -0.05) is 6.07 Å². The van der Waals surface area contributed by atoms with Crippen LogP contribution in [0.5, 0.6) is 0 Å². The average Bonchev–Trinajstić information content (AvgIpc) is 2.63. The van der Waals surface area contributed by atoms with Crippen molar-refractivity contribution < 1.29 is 4.79 Å². The third kappa shape index (κ3) is 6.19. The van der Waals surface area contributed by atoms with Crippen LogP contribution in [0, 0.1) is 0 Å². The molecule has 0 unspecified atom stereocenters. The number of nitrogens with one attached hydrogen (secondary N) is 2. The number of rotatable bonds is 2. The summed E-state index contributed by atoms with van der Waals surface area (Å²) < 4.78 is 0. The normalized spacial score (nSPS) is 11.5. The van der Waals surface area contributed by atoms with Crippen molar-refractivity contribution in [3.8, 4) is 0 Å². The lowest BCUT2D eigenvalue weighted by Gasteiger charge is -2.22. The summed E-state index contributed by atoms with van der Waals surface area (Å²) in [5.74, 6) is -0.222. The zero-order chi connectivity index (χ0) is 12.9. The maximum absolute atomic E-state index is 11.5. The predicted molar refractivity (Wildman–Crippen MR) is 77.0 cm³/mol. The van der Waals surface area contributed by atoms with Crippen molar-refractivity contribution in [2.24, 2.45) is 0 Å². The van der Waals surface area contributed by atoms with Gasteiger partial charge in [-0.25, -0.2) is 0 Å². The van der Waals surface area contributed by atoms with E-state index in [2.05, 4.69) is 10.6 Å². The molecule has 0 bridgehead atoms. The van der Waals surface area contributed by atoms with Gasteiger partial charge in [-0.2, -0.15) is 0 Å². The maximum Gasteiger partial charge on any atom is 0.250 e. The number of amides is 1. The summed E-state index contributed by atoms with van der Waals surface area (Å²) in [7, 11) is 0. The van der Waals surface area contributed by atoms with Gasteiger partial charge >= 0.3 is 0 Å². The third-order valence-corrected chi connectivity index (χ3v) is 2.71. The zero-order valence-corrected chi connectivity index (χ0v) is 11.7. The Morgan fingerprint density at radius 2 is 2.18 bits per heavy atom. The Labute approximate surface area is 111 Å². The quantitative estimate of drug-likeness (QED) is 0.640. The molecule has 1 aromatic heterocycles. The van der Waals surface area contributed by atoms with E-state index >= 15 is 0 Å². The lowest BCUT2D eigenvalue weighted by atomic mass is 10.1. The topological polar surface area (TPSA) is 41.1 Å². The summed E-state index contributed by atoms with van der Waals surface area (Å²) >= 11 is 6.60. The first-order chi connectivity index (χ1) is 7.87. The van der Waals surface area contributed by atoms with E-state index in [0.29, 0.717) is 5.11 Å². The van der Waals surface area contributed by atoms with Gasteiger partial charge in [0.1, 0.15) is 0 Å². The highest BCUT2D eigenvalue weighted by molar-refractivity contribution is 7.80. The lowest BCUT2D eigenvalue weighted by molar-refractivity contribution is -0.115. The van der Waals surface area contributed by atoms with Gasteiger partial charge in [-0.05, 0) is 50.5 Å². The molecule has 17 heavy (non-hydrogen) atoms. The molecule has 2 N–H and O–H groups in total. The van der Waals surface area contributed by atoms with Gasteiger partial charge in [0, 0.05) is 16.5 Å². The molecule has 5 heteroatoms. The van der Waals surface area contributed by atoms with Gasteiger partial charge in [-0.15, -0.1) is 11.3 Å². The standard InChI is InChI=1S/C12H16N2OS2/c1-12(2,3)14-11(16)13-10(15)7-6-9-5-4-8-17-9/h4-8H,1-3H3,(H2,13,14,15,16)/b7-6+. The van der Waals surface area contributed by atoms with Gasteiger partial charge in [0.25, 0.3) is 0 Å². The van der Waals surface area contributed by atoms with Crippen LogP contribution in [0.1, 0.15) is 25.6 Å². The van der Waals surface area contributed by atoms with Crippen molar-refractivity contribution in [1.29, 1.82) is 0 Å². The van der Waals surface area contributed by atoms with E-state index in [1.165, 1.54) is 6.08 Å². The van der Waals surface area contributed by atoms with E-state index in [9.17, 15) is 4.79 Å². The number of hydrogen-bond donors (Lipinski definition) is 2. The van der Waals surface area contributed by atoms with Crippen LogP contribution in [0.4, 0.5) is 0 Å². The van der Waals surface area contributed by atoms with Gasteiger partial charge in [0.2, 0.25) is 5.91 Å². The van der Waals surface area contributed by atoms with E-state index < -0.39 is 0 Å². The number of thiocarbonyl (C=S) groups is 1. The molecule has 1 amide bonds. The summed E-state index contributed by atoms with van der Waals surface area (Å²) in [5.41, 5.74) is -0.151. The van der Waals surface area contributed by atoms with E-state index in [1.54, 1.807) is 17.4 Å². The summed E-state index contributed by atoms with van der Waals surface area (Å²) in [6.45, 7) is 5.94. The number of carbonyl (C=O) groups excluding carboxylic acids is 1. The van der Waals surface area contributed by atoms with Crippen molar-refractivity contribution in [3.63, 3.8) is 0 Å². The molecule has 0 aliphatic rings. The minimum Gasteiger partial charge on any atom is -0.358 e. The van der Waals surface area contributed by atoms with Gasteiger partial charge in [0.05, 0.1) is 0 Å². The summed E-state index contributed by atoms with van der Waals surface area (Å²) in [5, 5.41) is 7.92. The van der Waals surface area contributed by atoms with E-state index in [-0.39, 0.29) is 11.4 Å². The Kier molecular flexibility index (Phi) is 4.84. The van der Waals surface area contributed by atoms with Crippen LogP contribution < -0.4 is 10.6 Å². The smallest absolute Gasteiger partial charge is 0.250 e. The fourth-order valence-electron chi connectivity index (χ4n) is 1.07. The molecule has 0 spiro atoms. The molecule has 0 atom stereocenters. The summed E-state index contributed by atoms with van der Waals surface area (Å²) in [6, 6.07) is 3.88. The van der Waals surface area contributed by atoms with E-state index in [0.717, 1.165) is 4.88 Å². The van der Waals surface area contributed by atoms with Crippen molar-refractivity contribution in [2.75, 3.05) is 0 Å². The monoisotopic (exact) mass is 268 g/mol. The second kappa shape index (κ2) is 5.93. The molecule has 1 rings (SSSR count). The molecule has 0 aromatic carbocycles. The van der Waals surface area contributed by atoms with Crippen LogP contribution in [0.3, 0.4) is 0 Å². The molecule has 1 aromatic rings. The van der Waals surface area contributed by atoms with Crippen LogP contribution in [0.15, 0.2) is 23.6 Å². The van der Waals surface area contributed by atoms with Crippen LogP contribution >= 0.6 is 23.6 Å². The highest BCUT2D eigenvalue weighted by Gasteiger charge is 2.11. The van der Waals surface area contributed by atoms with Crippen molar-refractivity contribution >= 4 is 40.7 Å². The molecule has 0 aliphatic carbocycles. The molecule has 0 saturated heterocycles. The molecule has 0 radical (unpaired) electrons. The molecular formula is C12H16N2OS2. The van der Waals surface area contributed by atoms with Crippen LogP contribution in [0.2, 0.25) is 0 Å². The SMILES string of the molecule is CC(C)(C)NC(=S)NC(=O)/C=C/c1cccs1. The Morgan fingerprint density at radius 3 is 2.71 bits per heavy atom. The third-order valence-electron chi connectivity index (χ3n) is 1.67. The van der Waals surface area contributed by atoms with Crippen LogP contribution in [-0.4, -0.2) is 16.6 Å².